The molecule has 166 valence electrons. The molecule has 0 spiro atoms. The highest BCUT2D eigenvalue weighted by Gasteiger charge is 2.25. The highest BCUT2D eigenvalue weighted by atomic mass is 32.2. The van der Waals surface area contributed by atoms with Gasteiger partial charge in [0, 0.05) is 31.0 Å². The van der Waals surface area contributed by atoms with Crippen molar-refractivity contribution in [2.24, 2.45) is 13.0 Å². The Balaban J connectivity index is 1.54. The van der Waals surface area contributed by atoms with Gasteiger partial charge in [-0.15, -0.1) is 5.10 Å². The Labute approximate surface area is 185 Å². The third kappa shape index (κ3) is 3.54. The van der Waals surface area contributed by atoms with Gasteiger partial charge in [-0.2, -0.15) is 0 Å². The van der Waals surface area contributed by atoms with Crippen LogP contribution < -0.4 is 5.69 Å². The fraction of sp³-hybridized carbons (Fsp3) is 0.318. The predicted molar refractivity (Wildman–Crippen MR) is 118 cm³/mol. The van der Waals surface area contributed by atoms with E-state index in [-0.39, 0.29) is 12.4 Å². The zero-order valence-corrected chi connectivity index (χ0v) is 18.5. The normalized spacial score (nSPS) is 14.8. The molecule has 32 heavy (non-hydrogen) atoms. The van der Waals surface area contributed by atoms with Crippen LogP contribution in [0.1, 0.15) is 18.4 Å². The standard InChI is InChI=1S/C22H22FN5O3S/c1-26-19(29)12-27(22(26)30)11-15-6-5-14(9-17(15)23)16-7-8-18-20(21(16)32(2)31)24-25-28(18)10-13-3-4-13/h5-9,12-13,29H,3-4,10-11H2,1-2H3. The summed E-state index contributed by atoms with van der Waals surface area (Å²) >= 11 is 0. The van der Waals surface area contributed by atoms with E-state index in [2.05, 4.69) is 10.3 Å². The highest BCUT2D eigenvalue weighted by molar-refractivity contribution is 7.84. The monoisotopic (exact) mass is 455 g/mol. The first-order chi connectivity index (χ1) is 15.3. The maximum absolute atomic E-state index is 15.0. The quantitative estimate of drug-likeness (QED) is 0.482. The summed E-state index contributed by atoms with van der Waals surface area (Å²) in [5, 5.41) is 18.2. The third-order valence-corrected chi connectivity index (χ3v) is 6.90. The lowest BCUT2D eigenvalue weighted by Crippen LogP contribution is -2.22. The minimum atomic E-state index is -1.36. The molecule has 1 aliphatic carbocycles. The molecule has 1 aliphatic rings. The first-order valence-electron chi connectivity index (χ1n) is 10.3. The van der Waals surface area contributed by atoms with E-state index in [0.29, 0.717) is 33.0 Å². The molecule has 1 fully saturated rings. The zero-order chi connectivity index (χ0) is 22.6. The summed E-state index contributed by atoms with van der Waals surface area (Å²) in [6, 6.07) is 8.42. The van der Waals surface area contributed by atoms with Crippen molar-refractivity contribution in [2.75, 3.05) is 6.26 Å². The van der Waals surface area contributed by atoms with E-state index in [1.165, 1.54) is 36.7 Å². The molecule has 1 atom stereocenters. The molecule has 1 unspecified atom stereocenters. The molecular weight excluding hydrogens is 433 g/mol. The molecular formula is C22H22FN5O3S. The Morgan fingerprint density at radius 2 is 2.03 bits per heavy atom. The summed E-state index contributed by atoms with van der Waals surface area (Å²) in [5.41, 5.74) is 2.47. The fourth-order valence-electron chi connectivity index (χ4n) is 3.92. The van der Waals surface area contributed by atoms with Crippen molar-refractivity contribution >= 4 is 21.8 Å². The van der Waals surface area contributed by atoms with Gasteiger partial charge in [0.2, 0.25) is 5.88 Å². The van der Waals surface area contributed by atoms with E-state index in [9.17, 15) is 18.5 Å². The summed E-state index contributed by atoms with van der Waals surface area (Å²) < 4.78 is 31.8. The van der Waals surface area contributed by atoms with Crippen molar-refractivity contribution in [1.29, 1.82) is 0 Å². The van der Waals surface area contributed by atoms with Crippen LogP contribution in [-0.2, 0) is 30.9 Å². The lowest BCUT2D eigenvalue weighted by molar-refractivity contribution is 0.429. The number of rotatable bonds is 6. The number of imidazole rings is 1. The molecule has 2 aromatic carbocycles. The van der Waals surface area contributed by atoms with Gasteiger partial charge >= 0.3 is 5.69 Å². The molecule has 2 heterocycles. The largest absolute Gasteiger partial charge is 0.493 e. The van der Waals surface area contributed by atoms with Gasteiger partial charge in [0.15, 0.2) is 0 Å². The lowest BCUT2D eigenvalue weighted by atomic mass is 10.0. The van der Waals surface area contributed by atoms with Crippen LogP contribution in [0.25, 0.3) is 22.2 Å². The Morgan fingerprint density at radius 1 is 1.25 bits per heavy atom. The van der Waals surface area contributed by atoms with E-state index >= 15 is 0 Å². The number of hydrogen-bond donors (Lipinski definition) is 1. The molecule has 1 N–H and O–H groups in total. The van der Waals surface area contributed by atoms with E-state index < -0.39 is 22.3 Å². The molecule has 8 nitrogen and oxygen atoms in total. The van der Waals surface area contributed by atoms with Gasteiger partial charge in [-0.3, -0.25) is 13.3 Å². The van der Waals surface area contributed by atoms with E-state index in [4.69, 9.17) is 0 Å². The molecule has 0 aliphatic heterocycles. The first kappa shape index (κ1) is 20.6. The second kappa shape index (κ2) is 7.70. The SMILES string of the molecule is Cn1c(O)cn(Cc2ccc(-c3ccc4c(nnn4CC4CC4)c3S(C)=O)cc2F)c1=O. The predicted octanol–water partition coefficient (Wildman–Crippen LogP) is 2.64. The highest BCUT2D eigenvalue weighted by Crippen LogP contribution is 2.35. The number of benzene rings is 2. The van der Waals surface area contributed by atoms with Crippen LogP contribution in [0.4, 0.5) is 4.39 Å². The average molecular weight is 456 g/mol. The van der Waals surface area contributed by atoms with Crippen molar-refractivity contribution in [1.82, 2.24) is 24.1 Å². The van der Waals surface area contributed by atoms with Gasteiger partial charge < -0.3 is 5.11 Å². The maximum atomic E-state index is 15.0. The third-order valence-electron chi connectivity index (χ3n) is 5.91. The molecule has 0 amide bonds. The summed E-state index contributed by atoms with van der Waals surface area (Å²) in [6.45, 7) is 0.782. The summed E-state index contributed by atoms with van der Waals surface area (Å²) in [5.74, 6) is -0.0657. The van der Waals surface area contributed by atoms with Gasteiger partial charge in [0.05, 0.1) is 34.0 Å². The van der Waals surface area contributed by atoms with Gasteiger partial charge in [-0.1, -0.05) is 23.4 Å². The summed E-state index contributed by atoms with van der Waals surface area (Å²) in [6.07, 6.45) is 5.23. The molecule has 0 bridgehead atoms. The minimum Gasteiger partial charge on any atom is -0.493 e. The van der Waals surface area contributed by atoms with E-state index in [1.807, 2.05) is 16.8 Å². The van der Waals surface area contributed by atoms with Crippen LogP contribution in [0.5, 0.6) is 5.88 Å². The van der Waals surface area contributed by atoms with Crippen LogP contribution >= 0.6 is 0 Å². The summed E-state index contributed by atoms with van der Waals surface area (Å²) in [4.78, 5) is 12.6. The molecule has 10 heteroatoms. The Morgan fingerprint density at radius 3 is 2.66 bits per heavy atom. The second-order valence-corrected chi connectivity index (χ2v) is 9.56. The van der Waals surface area contributed by atoms with Crippen LogP contribution in [-0.4, -0.2) is 39.7 Å². The zero-order valence-electron chi connectivity index (χ0n) is 17.7. The van der Waals surface area contributed by atoms with Crippen molar-refractivity contribution in [3.8, 4) is 17.0 Å². The molecule has 4 aromatic rings. The molecule has 0 saturated heterocycles. The molecule has 1 saturated carbocycles. The maximum Gasteiger partial charge on any atom is 0.331 e. The molecule has 5 rings (SSSR count). The Hall–Kier alpha value is -3.27. The number of halogens is 1. The van der Waals surface area contributed by atoms with Crippen molar-refractivity contribution in [2.45, 2.75) is 30.8 Å². The lowest BCUT2D eigenvalue weighted by Gasteiger charge is -2.11. The van der Waals surface area contributed by atoms with Crippen LogP contribution in [0.3, 0.4) is 0 Å². The summed E-state index contributed by atoms with van der Waals surface area (Å²) in [7, 11) is 0.0815. The number of nitrogens with zero attached hydrogens (tertiary/aromatic N) is 5. The Bertz CT molecular complexity index is 1430. The van der Waals surface area contributed by atoms with Gasteiger partial charge in [0.25, 0.3) is 0 Å². The molecule has 2 aromatic heterocycles. The second-order valence-electron chi connectivity index (χ2n) is 8.24. The average Bonchev–Trinajstić information content (AvgIpc) is 3.45. The van der Waals surface area contributed by atoms with E-state index in [1.54, 1.807) is 18.4 Å². The van der Waals surface area contributed by atoms with Crippen molar-refractivity contribution in [3.05, 3.63) is 58.4 Å². The molecule has 0 radical (unpaired) electrons. The topological polar surface area (TPSA) is 94.9 Å². The number of aromatic nitrogens is 5. The smallest absolute Gasteiger partial charge is 0.331 e. The fourth-order valence-corrected chi connectivity index (χ4v) is 4.84. The number of aromatic hydroxyl groups is 1. The first-order valence-corrected chi connectivity index (χ1v) is 11.8. The van der Waals surface area contributed by atoms with Crippen molar-refractivity contribution in [3.63, 3.8) is 0 Å². The van der Waals surface area contributed by atoms with Crippen LogP contribution in [0.15, 0.2) is 46.2 Å². The minimum absolute atomic E-state index is 0.0135. The van der Waals surface area contributed by atoms with Gasteiger partial charge in [-0.05, 0) is 36.5 Å². The van der Waals surface area contributed by atoms with Crippen LogP contribution in [0.2, 0.25) is 0 Å². The van der Waals surface area contributed by atoms with E-state index in [0.717, 1.165) is 16.6 Å². The van der Waals surface area contributed by atoms with Gasteiger partial charge in [0.1, 0.15) is 11.3 Å². The van der Waals surface area contributed by atoms with Crippen LogP contribution in [0, 0.1) is 11.7 Å². The number of fused-ring (bicyclic) bond motifs is 1. The van der Waals surface area contributed by atoms with Crippen molar-refractivity contribution < 1.29 is 13.7 Å². The van der Waals surface area contributed by atoms with Gasteiger partial charge in [-0.25, -0.2) is 13.9 Å². The number of hydrogen-bond acceptors (Lipinski definition) is 5. The Kier molecular flexibility index (Phi) is 4.96.